The third kappa shape index (κ3) is 3.41. The zero-order chi connectivity index (χ0) is 14.5. The van der Waals surface area contributed by atoms with E-state index >= 15 is 0 Å². The number of hydrogen-bond donors (Lipinski definition) is 0. The largest absolute Gasteiger partial charge is 0.489 e. The predicted molar refractivity (Wildman–Crippen MR) is 80.4 cm³/mol. The van der Waals surface area contributed by atoms with Gasteiger partial charge in [0.15, 0.2) is 0 Å². The van der Waals surface area contributed by atoms with Crippen molar-refractivity contribution in [1.29, 1.82) is 0 Å². The smallest absolute Gasteiger partial charge is 0.253 e. The molecular weight excluding hydrogens is 266 g/mol. The van der Waals surface area contributed by atoms with Crippen molar-refractivity contribution in [1.82, 2.24) is 0 Å². The molecule has 2 aromatic carbocycles. The van der Waals surface area contributed by atoms with Crippen molar-refractivity contribution >= 4 is 11.6 Å². The van der Waals surface area contributed by atoms with Crippen LogP contribution in [0.1, 0.15) is 5.56 Å². The Balaban J connectivity index is 1.62. The van der Waals surface area contributed by atoms with Crippen LogP contribution in [0.3, 0.4) is 0 Å². The molecule has 0 radical (unpaired) electrons. The van der Waals surface area contributed by atoms with Gasteiger partial charge in [0, 0.05) is 12.2 Å². The Labute approximate surface area is 123 Å². The number of benzene rings is 2. The van der Waals surface area contributed by atoms with Gasteiger partial charge in [-0.25, -0.2) is 0 Å². The quantitative estimate of drug-likeness (QED) is 0.866. The molecule has 1 aliphatic heterocycles. The first-order valence-corrected chi connectivity index (χ1v) is 6.98. The standard InChI is InChI=1S/C17H17NO3/c19-17-13-20-11-10-18(17)15-6-8-16(9-7-15)21-12-14-4-2-1-3-5-14/h1-9H,10-13H2. The lowest BCUT2D eigenvalue weighted by atomic mass is 10.2. The first-order chi connectivity index (χ1) is 10.3. The molecule has 4 nitrogen and oxygen atoms in total. The molecule has 0 atom stereocenters. The van der Waals surface area contributed by atoms with E-state index in [1.807, 2.05) is 54.6 Å². The second-order valence-corrected chi connectivity index (χ2v) is 4.87. The van der Waals surface area contributed by atoms with E-state index in [0.717, 1.165) is 17.0 Å². The summed E-state index contributed by atoms with van der Waals surface area (Å²) in [6.07, 6.45) is 0. The van der Waals surface area contributed by atoms with Crippen LogP contribution in [0.25, 0.3) is 0 Å². The highest BCUT2D eigenvalue weighted by molar-refractivity contribution is 5.94. The molecule has 1 fully saturated rings. The number of hydrogen-bond acceptors (Lipinski definition) is 3. The molecule has 0 saturated carbocycles. The molecule has 0 aliphatic carbocycles. The molecule has 21 heavy (non-hydrogen) atoms. The second kappa shape index (κ2) is 6.41. The fourth-order valence-electron chi connectivity index (χ4n) is 2.25. The Morgan fingerprint density at radius 1 is 1.05 bits per heavy atom. The Kier molecular flexibility index (Phi) is 4.17. The van der Waals surface area contributed by atoms with E-state index in [-0.39, 0.29) is 12.5 Å². The van der Waals surface area contributed by atoms with Crippen molar-refractivity contribution in [3.05, 3.63) is 60.2 Å². The lowest BCUT2D eigenvalue weighted by molar-refractivity contribution is -0.125. The molecule has 1 amide bonds. The van der Waals surface area contributed by atoms with Gasteiger partial charge in [-0.05, 0) is 29.8 Å². The molecule has 1 aliphatic rings. The Bertz CT molecular complexity index is 595. The molecule has 2 aromatic rings. The van der Waals surface area contributed by atoms with Crippen LogP contribution < -0.4 is 9.64 Å². The molecule has 1 saturated heterocycles. The maximum atomic E-state index is 11.8. The summed E-state index contributed by atoms with van der Waals surface area (Å²) in [5.74, 6) is 0.794. The van der Waals surface area contributed by atoms with Gasteiger partial charge in [-0.3, -0.25) is 4.79 Å². The lowest BCUT2D eigenvalue weighted by Gasteiger charge is -2.26. The van der Waals surface area contributed by atoms with Gasteiger partial charge in [0.25, 0.3) is 5.91 Å². The van der Waals surface area contributed by atoms with E-state index in [0.29, 0.717) is 19.8 Å². The van der Waals surface area contributed by atoms with Crippen molar-refractivity contribution in [2.45, 2.75) is 6.61 Å². The Morgan fingerprint density at radius 3 is 2.52 bits per heavy atom. The van der Waals surface area contributed by atoms with Crippen LogP contribution >= 0.6 is 0 Å². The number of carbonyl (C=O) groups is 1. The minimum Gasteiger partial charge on any atom is -0.489 e. The zero-order valence-corrected chi connectivity index (χ0v) is 11.7. The number of anilines is 1. The zero-order valence-electron chi connectivity index (χ0n) is 11.7. The van der Waals surface area contributed by atoms with Crippen molar-refractivity contribution in [3.8, 4) is 5.75 Å². The van der Waals surface area contributed by atoms with Crippen molar-refractivity contribution < 1.29 is 14.3 Å². The summed E-state index contributed by atoms with van der Waals surface area (Å²) < 4.78 is 10.9. The molecule has 108 valence electrons. The number of carbonyl (C=O) groups excluding carboxylic acids is 1. The lowest BCUT2D eigenvalue weighted by Crippen LogP contribution is -2.41. The van der Waals surface area contributed by atoms with Crippen molar-refractivity contribution in [2.75, 3.05) is 24.7 Å². The number of ether oxygens (including phenoxy) is 2. The van der Waals surface area contributed by atoms with Gasteiger partial charge >= 0.3 is 0 Å². The third-order valence-electron chi connectivity index (χ3n) is 3.38. The van der Waals surface area contributed by atoms with Crippen molar-refractivity contribution in [2.24, 2.45) is 0 Å². The summed E-state index contributed by atoms with van der Waals surface area (Å²) in [4.78, 5) is 13.5. The van der Waals surface area contributed by atoms with E-state index in [2.05, 4.69) is 0 Å². The van der Waals surface area contributed by atoms with Gasteiger partial charge < -0.3 is 14.4 Å². The normalized spacial score (nSPS) is 15.0. The monoisotopic (exact) mass is 283 g/mol. The van der Waals surface area contributed by atoms with Crippen LogP contribution in [0, 0.1) is 0 Å². The van der Waals surface area contributed by atoms with Gasteiger partial charge in [0.05, 0.1) is 6.61 Å². The fourth-order valence-corrected chi connectivity index (χ4v) is 2.25. The van der Waals surface area contributed by atoms with E-state index in [4.69, 9.17) is 9.47 Å². The summed E-state index contributed by atoms with van der Waals surface area (Å²) in [5.41, 5.74) is 2.01. The maximum absolute atomic E-state index is 11.8. The Morgan fingerprint density at radius 2 is 1.81 bits per heavy atom. The van der Waals surface area contributed by atoms with Crippen molar-refractivity contribution in [3.63, 3.8) is 0 Å². The summed E-state index contributed by atoms with van der Waals surface area (Å²) >= 11 is 0. The van der Waals surface area contributed by atoms with Crippen LogP contribution in [0.2, 0.25) is 0 Å². The van der Waals surface area contributed by atoms with Crippen LogP contribution in [0.4, 0.5) is 5.69 Å². The van der Waals surface area contributed by atoms with Crippen LogP contribution in [0.15, 0.2) is 54.6 Å². The van der Waals surface area contributed by atoms with Gasteiger partial charge in [-0.2, -0.15) is 0 Å². The number of nitrogens with zero attached hydrogens (tertiary/aromatic N) is 1. The minimum atomic E-state index is -0.000737. The Hall–Kier alpha value is -2.33. The second-order valence-electron chi connectivity index (χ2n) is 4.87. The summed E-state index contributed by atoms with van der Waals surface area (Å²) in [5, 5.41) is 0. The van der Waals surface area contributed by atoms with Gasteiger partial charge in [0.2, 0.25) is 0 Å². The van der Waals surface area contributed by atoms with Gasteiger partial charge in [-0.15, -0.1) is 0 Å². The average molecular weight is 283 g/mol. The molecule has 0 N–H and O–H groups in total. The molecule has 0 unspecified atom stereocenters. The highest BCUT2D eigenvalue weighted by Crippen LogP contribution is 2.21. The molecule has 0 bridgehead atoms. The van der Waals surface area contributed by atoms with Crippen LogP contribution in [-0.2, 0) is 16.1 Å². The number of morpholine rings is 1. The third-order valence-corrected chi connectivity index (χ3v) is 3.38. The van der Waals surface area contributed by atoms with E-state index < -0.39 is 0 Å². The topological polar surface area (TPSA) is 38.8 Å². The first kappa shape index (κ1) is 13.6. The molecular formula is C17H17NO3. The van der Waals surface area contributed by atoms with Gasteiger partial charge in [-0.1, -0.05) is 30.3 Å². The van der Waals surface area contributed by atoms with Crippen LogP contribution in [0.5, 0.6) is 5.75 Å². The van der Waals surface area contributed by atoms with E-state index in [9.17, 15) is 4.79 Å². The summed E-state index contributed by atoms with van der Waals surface area (Å²) in [6.45, 7) is 1.88. The van der Waals surface area contributed by atoms with Gasteiger partial charge in [0.1, 0.15) is 19.0 Å². The summed E-state index contributed by atoms with van der Waals surface area (Å²) in [7, 11) is 0. The highest BCUT2D eigenvalue weighted by Gasteiger charge is 2.19. The highest BCUT2D eigenvalue weighted by atomic mass is 16.5. The first-order valence-electron chi connectivity index (χ1n) is 6.98. The van der Waals surface area contributed by atoms with E-state index in [1.54, 1.807) is 4.90 Å². The minimum absolute atomic E-state index is 0.000737. The maximum Gasteiger partial charge on any atom is 0.253 e. The molecule has 0 aromatic heterocycles. The average Bonchev–Trinajstić information content (AvgIpc) is 2.55. The molecule has 0 spiro atoms. The fraction of sp³-hybridized carbons (Fsp3) is 0.235. The van der Waals surface area contributed by atoms with E-state index in [1.165, 1.54) is 0 Å². The SMILES string of the molecule is O=C1COCCN1c1ccc(OCc2ccccc2)cc1. The summed E-state index contributed by atoms with van der Waals surface area (Å²) in [6, 6.07) is 17.6. The number of rotatable bonds is 4. The molecule has 4 heteroatoms. The molecule has 3 rings (SSSR count). The number of amides is 1. The predicted octanol–water partition coefficient (Wildman–Crippen LogP) is 2.63. The molecule has 1 heterocycles. The van der Waals surface area contributed by atoms with Crippen LogP contribution in [-0.4, -0.2) is 25.7 Å².